The van der Waals surface area contributed by atoms with E-state index in [2.05, 4.69) is 5.32 Å². The van der Waals surface area contributed by atoms with E-state index >= 15 is 0 Å². The Morgan fingerprint density at radius 1 is 1.40 bits per heavy atom. The van der Waals surface area contributed by atoms with Gasteiger partial charge >= 0.3 is 0 Å². The Bertz CT molecular complexity index is 434. The molecule has 0 aliphatic carbocycles. The standard InChI is InChI=1S/C15H21ClN2O.ClH/c1-2-18(11-12-7-3-4-8-13(12)16)15(19)14-9-5-6-10-17-14;/h3-4,7-8,14,17H,2,5-6,9-11H2,1H3;1H. The molecule has 0 bridgehead atoms. The minimum Gasteiger partial charge on any atom is -0.337 e. The summed E-state index contributed by atoms with van der Waals surface area (Å²) in [7, 11) is 0. The van der Waals surface area contributed by atoms with Crippen molar-refractivity contribution >= 4 is 29.9 Å². The van der Waals surface area contributed by atoms with Crippen LogP contribution in [-0.2, 0) is 11.3 Å². The maximum Gasteiger partial charge on any atom is 0.239 e. The van der Waals surface area contributed by atoms with Crippen LogP contribution in [0.1, 0.15) is 31.7 Å². The average Bonchev–Trinajstić information content (AvgIpc) is 2.47. The van der Waals surface area contributed by atoms with Gasteiger partial charge in [-0.05, 0) is 37.9 Å². The van der Waals surface area contributed by atoms with Crippen molar-refractivity contribution in [1.29, 1.82) is 0 Å². The minimum absolute atomic E-state index is 0. The monoisotopic (exact) mass is 316 g/mol. The van der Waals surface area contributed by atoms with Gasteiger partial charge in [-0.15, -0.1) is 12.4 Å². The third-order valence-corrected chi connectivity index (χ3v) is 3.99. The van der Waals surface area contributed by atoms with Crippen LogP contribution in [0.2, 0.25) is 5.02 Å². The lowest BCUT2D eigenvalue weighted by molar-refractivity contribution is -0.134. The van der Waals surface area contributed by atoms with Crippen molar-refractivity contribution < 1.29 is 4.79 Å². The fourth-order valence-corrected chi connectivity index (χ4v) is 2.66. The third kappa shape index (κ3) is 4.37. The van der Waals surface area contributed by atoms with E-state index in [9.17, 15) is 4.79 Å². The number of rotatable bonds is 4. The summed E-state index contributed by atoms with van der Waals surface area (Å²) in [6, 6.07) is 7.70. The molecule has 1 amide bonds. The molecule has 20 heavy (non-hydrogen) atoms. The van der Waals surface area contributed by atoms with Crippen molar-refractivity contribution in [3.05, 3.63) is 34.9 Å². The first-order valence-corrected chi connectivity index (χ1v) is 7.35. The number of benzene rings is 1. The van der Waals surface area contributed by atoms with Gasteiger partial charge in [-0.2, -0.15) is 0 Å². The molecule has 112 valence electrons. The zero-order valence-corrected chi connectivity index (χ0v) is 13.3. The second-order valence-electron chi connectivity index (χ2n) is 4.95. The Kier molecular flexibility index (Phi) is 7.35. The predicted molar refractivity (Wildman–Crippen MR) is 85.4 cm³/mol. The Morgan fingerprint density at radius 3 is 2.75 bits per heavy atom. The Morgan fingerprint density at radius 2 is 2.15 bits per heavy atom. The zero-order valence-electron chi connectivity index (χ0n) is 11.8. The molecule has 1 aromatic rings. The quantitative estimate of drug-likeness (QED) is 0.924. The summed E-state index contributed by atoms with van der Waals surface area (Å²) in [6.07, 6.45) is 3.24. The van der Waals surface area contributed by atoms with Gasteiger partial charge in [-0.3, -0.25) is 4.79 Å². The number of nitrogens with one attached hydrogen (secondary N) is 1. The average molecular weight is 317 g/mol. The topological polar surface area (TPSA) is 32.3 Å². The van der Waals surface area contributed by atoms with Gasteiger partial charge in [-0.25, -0.2) is 0 Å². The summed E-state index contributed by atoms with van der Waals surface area (Å²) in [5, 5.41) is 4.04. The number of halogens is 2. The van der Waals surface area contributed by atoms with Gasteiger partial charge in [0, 0.05) is 18.1 Å². The molecule has 1 fully saturated rings. The number of hydrogen-bond donors (Lipinski definition) is 1. The van der Waals surface area contributed by atoms with E-state index in [0.29, 0.717) is 13.1 Å². The maximum absolute atomic E-state index is 12.5. The molecule has 1 unspecified atom stereocenters. The van der Waals surface area contributed by atoms with Crippen molar-refractivity contribution in [3.63, 3.8) is 0 Å². The van der Waals surface area contributed by atoms with E-state index in [1.54, 1.807) is 0 Å². The number of likely N-dealkylation sites (N-methyl/N-ethyl adjacent to an activating group) is 1. The normalized spacial score (nSPS) is 18.2. The van der Waals surface area contributed by atoms with Crippen molar-refractivity contribution in [3.8, 4) is 0 Å². The van der Waals surface area contributed by atoms with E-state index in [1.165, 1.54) is 6.42 Å². The molecule has 0 aromatic heterocycles. The first-order valence-electron chi connectivity index (χ1n) is 6.98. The van der Waals surface area contributed by atoms with Gasteiger partial charge in [0.15, 0.2) is 0 Å². The molecule has 1 atom stereocenters. The van der Waals surface area contributed by atoms with Crippen LogP contribution in [0.25, 0.3) is 0 Å². The van der Waals surface area contributed by atoms with Crippen LogP contribution in [0.15, 0.2) is 24.3 Å². The van der Waals surface area contributed by atoms with Gasteiger partial charge in [-0.1, -0.05) is 36.2 Å². The highest BCUT2D eigenvalue weighted by atomic mass is 35.5. The van der Waals surface area contributed by atoms with Crippen LogP contribution >= 0.6 is 24.0 Å². The van der Waals surface area contributed by atoms with Crippen molar-refractivity contribution in [2.24, 2.45) is 0 Å². The van der Waals surface area contributed by atoms with Crippen molar-refractivity contribution in [2.75, 3.05) is 13.1 Å². The first-order chi connectivity index (χ1) is 9.22. The van der Waals surface area contributed by atoms with Crippen LogP contribution in [-0.4, -0.2) is 29.9 Å². The number of amides is 1. The molecule has 1 aromatic carbocycles. The summed E-state index contributed by atoms with van der Waals surface area (Å²) in [5.41, 5.74) is 1.01. The first kappa shape index (κ1) is 17.3. The fourth-order valence-electron chi connectivity index (χ4n) is 2.46. The van der Waals surface area contributed by atoms with Gasteiger partial charge in [0.05, 0.1) is 6.04 Å². The molecular formula is C15H22Cl2N2O. The van der Waals surface area contributed by atoms with Crippen LogP contribution in [0.5, 0.6) is 0 Å². The van der Waals surface area contributed by atoms with Gasteiger partial charge in [0.1, 0.15) is 0 Å². The number of carbonyl (C=O) groups is 1. The second-order valence-corrected chi connectivity index (χ2v) is 5.35. The summed E-state index contributed by atoms with van der Waals surface area (Å²) in [5.74, 6) is 0.196. The lowest BCUT2D eigenvalue weighted by Crippen LogP contribution is -2.48. The summed E-state index contributed by atoms with van der Waals surface area (Å²) in [4.78, 5) is 14.3. The van der Waals surface area contributed by atoms with Gasteiger partial charge in [0.2, 0.25) is 5.91 Å². The molecule has 0 radical (unpaired) electrons. The van der Waals surface area contributed by atoms with Gasteiger partial charge < -0.3 is 10.2 Å². The van der Waals surface area contributed by atoms with E-state index in [0.717, 1.165) is 30.0 Å². The Labute approximate surface area is 132 Å². The Balaban J connectivity index is 0.00000200. The molecule has 2 rings (SSSR count). The molecule has 1 aliphatic rings. The Hall–Kier alpha value is -0.770. The number of hydrogen-bond acceptors (Lipinski definition) is 2. The highest BCUT2D eigenvalue weighted by molar-refractivity contribution is 6.31. The van der Waals surface area contributed by atoms with E-state index < -0.39 is 0 Å². The van der Waals surface area contributed by atoms with Crippen LogP contribution in [0.4, 0.5) is 0 Å². The van der Waals surface area contributed by atoms with Crippen LogP contribution in [0.3, 0.4) is 0 Å². The fraction of sp³-hybridized carbons (Fsp3) is 0.533. The predicted octanol–water partition coefficient (Wildman–Crippen LogP) is 3.25. The lowest BCUT2D eigenvalue weighted by atomic mass is 10.0. The number of nitrogens with zero attached hydrogens (tertiary/aromatic N) is 1. The van der Waals surface area contributed by atoms with Crippen molar-refractivity contribution in [1.82, 2.24) is 10.2 Å². The van der Waals surface area contributed by atoms with Crippen LogP contribution in [0, 0.1) is 0 Å². The summed E-state index contributed by atoms with van der Waals surface area (Å²) >= 11 is 6.16. The summed E-state index contributed by atoms with van der Waals surface area (Å²) in [6.45, 7) is 4.26. The lowest BCUT2D eigenvalue weighted by Gasteiger charge is -2.29. The smallest absolute Gasteiger partial charge is 0.239 e. The zero-order chi connectivity index (χ0) is 13.7. The molecule has 5 heteroatoms. The van der Waals surface area contributed by atoms with Gasteiger partial charge in [0.25, 0.3) is 0 Å². The largest absolute Gasteiger partial charge is 0.337 e. The van der Waals surface area contributed by atoms with E-state index in [4.69, 9.17) is 11.6 Å². The molecular weight excluding hydrogens is 295 g/mol. The second kappa shape index (κ2) is 8.50. The molecule has 1 aliphatic heterocycles. The van der Waals surface area contributed by atoms with Crippen LogP contribution < -0.4 is 5.32 Å². The van der Waals surface area contributed by atoms with E-state index in [1.807, 2.05) is 36.1 Å². The highest BCUT2D eigenvalue weighted by Gasteiger charge is 2.25. The SMILES string of the molecule is CCN(Cc1ccccc1Cl)C(=O)C1CCCCN1.Cl. The van der Waals surface area contributed by atoms with Crippen molar-refractivity contribution in [2.45, 2.75) is 38.8 Å². The van der Waals surface area contributed by atoms with E-state index in [-0.39, 0.29) is 24.4 Å². The molecule has 1 N–H and O–H groups in total. The molecule has 1 heterocycles. The highest BCUT2D eigenvalue weighted by Crippen LogP contribution is 2.18. The molecule has 1 saturated heterocycles. The third-order valence-electron chi connectivity index (χ3n) is 3.62. The molecule has 0 spiro atoms. The minimum atomic E-state index is -0.0174. The maximum atomic E-state index is 12.5. The summed E-state index contributed by atoms with van der Waals surface area (Å²) < 4.78 is 0. The molecule has 0 saturated carbocycles. The number of carbonyl (C=O) groups excluding carboxylic acids is 1. The molecule has 3 nitrogen and oxygen atoms in total. The number of piperidine rings is 1.